The maximum Gasteiger partial charge on any atom is 0.252 e. The van der Waals surface area contributed by atoms with Crippen LogP contribution in [0.15, 0.2) is 72.0 Å². The summed E-state index contributed by atoms with van der Waals surface area (Å²) in [6.45, 7) is 0.210. The predicted molar refractivity (Wildman–Crippen MR) is 124 cm³/mol. The first-order valence-corrected chi connectivity index (χ1v) is 10.7. The molecule has 0 radical (unpaired) electrons. The Bertz CT molecular complexity index is 1200. The number of carbonyl (C=O) groups is 1. The number of nitrogens with zero attached hydrogens (tertiary/aromatic N) is 3. The highest BCUT2D eigenvalue weighted by molar-refractivity contribution is 6.19. The molecule has 1 amide bonds. The lowest BCUT2D eigenvalue weighted by atomic mass is 9.99. The number of allylic oxidation sites excluding steroid dienone is 1. The van der Waals surface area contributed by atoms with Gasteiger partial charge < -0.3 is 15.2 Å². The van der Waals surface area contributed by atoms with Gasteiger partial charge in [-0.25, -0.2) is 8.78 Å². The molecule has 0 fully saturated rings. The van der Waals surface area contributed by atoms with Crippen LogP contribution in [-0.2, 0) is 11.3 Å². The number of hydrogen-bond donors (Lipinski definition) is 2. The van der Waals surface area contributed by atoms with Gasteiger partial charge in [-0.05, 0) is 47.5 Å². The fraction of sp³-hybridized carbons (Fsp3) is 0.240. The minimum atomic E-state index is -0.695. The number of ether oxygens (including phenoxy) is 1. The number of carbonyl (C=O) groups excluding carboxylic acids is 1. The van der Waals surface area contributed by atoms with Crippen LogP contribution in [0.1, 0.15) is 21.5 Å². The normalized spacial score (nSPS) is 14.9. The van der Waals surface area contributed by atoms with E-state index in [1.54, 1.807) is 41.4 Å². The van der Waals surface area contributed by atoms with Gasteiger partial charge in [0.25, 0.3) is 5.91 Å². The first kappa shape index (κ1) is 23.5. The van der Waals surface area contributed by atoms with Crippen molar-refractivity contribution in [3.8, 4) is 0 Å². The maximum atomic E-state index is 15.0. The number of hydrogen-bond acceptors (Lipinski definition) is 5. The minimum Gasteiger partial charge on any atom is -0.394 e. The highest BCUT2D eigenvalue weighted by Gasteiger charge is 2.27. The van der Waals surface area contributed by atoms with Crippen LogP contribution in [0, 0.1) is 11.6 Å². The topological polar surface area (TPSA) is 88.7 Å². The Labute approximate surface area is 195 Å². The molecule has 0 spiro atoms. The second-order valence-corrected chi connectivity index (χ2v) is 7.81. The molecule has 2 atom stereocenters. The van der Waals surface area contributed by atoms with E-state index in [0.717, 1.165) is 11.1 Å². The molecule has 2 N–H and O–H groups in total. The van der Waals surface area contributed by atoms with E-state index >= 15 is 0 Å². The zero-order chi connectivity index (χ0) is 24.1. The SMILES string of the molecule is CO[C@@H](CO)[C@@H](Cn1cccn1)NC(=O)c1cccc(F)c1C1=NCC(c2ccc(F)cc2)=C1. The minimum absolute atomic E-state index is 0.0768. The second kappa shape index (κ2) is 10.5. The Morgan fingerprint density at radius 1 is 1.21 bits per heavy atom. The molecule has 2 aromatic carbocycles. The van der Waals surface area contributed by atoms with Crippen molar-refractivity contribution in [1.82, 2.24) is 15.1 Å². The average molecular weight is 466 g/mol. The summed E-state index contributed by atoms with van der Waals surface area (Å²) in [6.07, 6.45) is 4.34. The fourth-order valence-electron chi connectivity index (χ4n) is 3.87. The number of rotatable bonds is 9. The monoisotopic (exact) mass is 466 g/mol. The number of halogens is 2. The smallest absolute Gasteiger partial charge is 0.252 e. The first-order valence-electron chi connectivity index (χ1n) is 10.7. The quantitative estimate of drug-likeness (QED) is 0.508. The molecule has 1 aliphatic heterocycles. The Balaban J connectivity index is 1.62. The number of nitrogens with one attached hydrogen (secondary N) is 1. The van der Waals surface area contributed by atoms with E-state index in [9.17, 15) is 18.7 Å². The maximum absolute atomic E-state index is 15.0. The van der Waals surface area contributed by atoms with Crippen molar-refractivity contribution >= 4 is 17.2 Å². The van der Waals surface area contributed by atoms with E-state index < -0.39 is 23.9 Å². The Hall–Kier alpha value is -3.69. The molecule has 9 heteroatoms. The predicted octanol–water partition coefficient (Wildman–Crippen LogP) is 2.85. The molecule has 2 heterocycles. The van der Waals surface area contributed by atoms with Gasteiger partial charge in [0.05, 0.1) is 37.0 Å². The van der Waals surface area contributed by atoms with E-state index in [2.05, 4.69) is 15.4 Å². The van der Waals surface area contributed by atoms with Crippen LogP contribution in [0.5, 0.6) is 0 Å². The summed E-state index contributed by atoms with van der Waals surface area (Å²) in [6, 6.07) is 11.3. The number of aliphatic imine (C=N–C) groups is 1. The van der Waals surface area contributed by atoms with E-state index in [-0.39, 0.29) is 36.6 Å². The molecule has 176 valence electrons. The lowest BCUT2D eigenvalue weighted by Crippen LogP contribution is -2.48. The molecule has 34 heavy (non-hydrogen) atoms. The van der Waals surface area contributed by atoms with Gasteiger partial charge in [0.15, 0.2) is 0 Å². The number of aliphatic hydroxyl groups excluding tert-OH is 1. The summed E-state index contributed by atoms with van der Waals surface area (Å²) in [7, 11) is 1.44. The van der Waals surface area contributed by atoms with Crippen molar-refractivity contribution in [1.29, 1.82) is 0 Å². The van der Waals surface area contributed by atoms with E-state index in [0.29, 0.717) is 5.71 Å². The standard InChI is InChI=1S/C25H24F2N4O3/c1-34-23(15-32)22(14-31-11-3-10-29-31)30-25(33)19-4-2-5-20(27)24(19)21-12-17(13-28-21)16-6-8-18(26)9-7-16/h2-12,22-23,32H,13-15H2,1H3,(H,30,33)/t22-,23+/m1/s1. The van der Waals surface area contributed by atoms with Gasteiger partial charge in [0.1, 0.15) is 17.7 Å². The van der Waals surface area contributed by atoms with Gasteiger partial charge >= 0.3 is 0 Å². The van der Waals surface area contributed by atoms with Gasteiger partial charge in [0, 0.05) is 25.1 Å². The lowest BCUT2D eigenvalue weighted by Gasteiger charge is -2.26. The van der Waals surface area contributed by atoms with Crippen molar-refractivity contribution < 1.29 is 23.4 Å². The third-order valence-corrected chi connectivity index (χ3v) is 5.65. The molecule has 0 saturated heterocycles. The molecule has 0 saturated carbocycles. The zero-order valence-electron chi connectivity index (χ0n) is 18.5. The number of aliphatic hydroxyl groups is 1. The van der Waals surface area contributed by atoms with Crippen LogP contribution < -0.4 is 5.32 Å². The Kier molecular flexibility index (Phi) is 7.24. The number of aromatic nitrogens is 2. The number of methoxy groups -OCH3 is 1. The molecule has 0 aliphatic carbocycles. The summed E-state index contributed by atoms with van der Waals surface area (Å²) in [5.41, 5.74) is 2.08. The third kappa shape index (κ3) is 5.11. The van der Waals surface area contributed by atoms with Gasteiger partial charge in [-0.15, -0.1) is 0 Å². The first-order chi connectivity index (χ1) is 16.5. The molecule has 4 rings (SSSR count). The van der Waals surface area contributed by atoms with Crippen LogP contribution in [0.2, 0.25) is 0 Å². The molecule has 0 bridgehead atoms. The van der Waals surface area contributed by atoms with Crippen molar-refractivity contribution in [2.24, 2.45) is 4.99 Å². The fourth-order valence-corrected chi connectivity index (χ4v) is 3.87. The van der Waals surface area contributed by atoms with Crippen LogP contribution in [0.25, 0.3) is 5.57 Å². The van der Waals surface area contributed by atoms with Gasteiger partial charge in [-0.1, -0.05) is 18.2 Å². The summed E-state index contributed by atoms with van der Waals surface area (Å²) >= 11 is 0. The molecule has 1 aromatic heterocycles. The van der Waals surface area contributed by atoms with Gasteiger partial charge in [-0.2, -0.15) is 5.10 Å². The molecular formula is C25H24F2N4O3. The van der Waals surface area contributed by atoms with Crippen LogP contribution >= 0.6 is 0 Å². The summed E-state index contributed by atoms with van der Waals surface area (Å²) < 4.78 is 35.2. The molecular weight excluding hydrogens is 442 g/mol. The molecule has 3 aromatic rings. The van der Waals surface area contributed by atoms with E-state index in [1.807, 2.05) is 0 Å². The highest BCUT2D eigenvalue weighted by atomic mass is 19.1. The van der Waals surface area contributed by atoms with Crippen molar-refractivity contribution in [3.05, 3.63) is 95.3 Å². The largest absolute Gasteiger partial charge is 0.394 e. The molecule has 1 aliphatic rings. The van der Waals surface area contributed by atoms with Gasteiger partial charge in [0.2, 0.25) is 0 Å². The Morgan fingerprint density at radius 2 is 2.00 bits per heavy atom. The zero-order valence-corrected chi connectivity index (χ0v) is 18.5. The average Bonchev–Trinajstić information content (AvgIpc) is 3.52. The summed E-state index contributed by atoms with van der Waals surface area (Å²) in [5, 5.41) is 16.7. The van der Waals surface area contributed by atoms with Crippen molar-refractivity contribution in [2.45, 2.75) is 18.7 Å². The van der Waals surface area contributed by atoms with Crippen LogP contribution in [0.4, 0.5) is 8.78 Å². The summed E-state index contributed by atoms with van der Waals surface area (Å²) in [5.74, 6) is -1.47. The lowest BCUT2D eigenvalue weighted by molar-refractivity contribution is 0.0166. The number of amides is 1. The second-order valence-electron chi connectivity index (χ2n) is 7.81. The van der Waals surface area contributed by atoms with Gasteiger partial charge in [-0.3, -0.25) is 14.5 Å². The van der Waals surface area contributed by atoms with Crippen molar-refractivity contribution in [3.63, 3.8) is 0 Å². The molecule has 7 nitrogen and oxygen atoms in total. The Morgan fingerprint density at radius 3 is 2.68 bits per heavy atom. The number of benzene rings is 2. The molecule has 0 unspecified atom stereocenters. The van der Waals surface area contributed by atoms with Crippen LogP contribution in [0.3, 0.4) is 0 Å². The summed E-state index contributed by atoms with van der Waals surface area (Å²) in [4.78, 5) is 17.7. The van der Waals surface area contributed by atoms with E-state index in [1.165, 1.54) is 37.4 Å². The third-order valence-electron chi connectivity index (χ3n) is 5.65. The van der Waals surface area contributed by atoms with E-state index in [4.69, 9.17) is 4.74 Å². The van der Waals surface area contributed by atoms with Crippen molar-refractivity contribution in [2.75, 3.05) is 20.3 Å². The highest BCUT2D eigenvalue weighted by Crippen LogP contribution is 2.25. The van der Waals surface area contributed by atoms with Crippen LogP contribution in [-0.4, -0.2) is 58.9 Å².